The summed E-state index contributed by atoms with van der Waals surface area (Å²) in [6, 6.07) is 9.26. The summed E-state index contributed by atoms with van der Waals surface area (Å²) < 4.78 is 31.3. The van der Waals surface area contributed by atoms with Gasteiger partial charge in [0.1, 0.15) is 5.75 Å². The van der Waals surface area contributed by atoms with Crippen molar-refractivity contribution < 1.29 is 22.7 Å². The van der Waals surface area contributed by atoms with E-state index in [1.807, 2.05) is 26.0 Å². The van der Waals surface area contributed by atoms with Gasteiger partial charge >= 0.3 is 0 Å². The second-order valence-electron chi connectivity index (χ2n) is 5.91. The summed E-state index contributed by atoms with van der Waals surface area (Å²) in [5, 5.41) is 0.0356. The molecule has 0 aliphatic rings. The van der Waals surface area contributed by atoms with Crippen molar-refractivity contribution in [2.75, 3.05) is 13.7 Å². The van der Waals surface area contributed by atoms with E-state index >= 15 is 0 Å². The molecule has 2 aromatic carbocycles. The van der Waals surface area contributed by atoms with E-state index in [-0.39, 0.29) is 22.1 Å². The maximum absolute atomic E-state index is 12.2. The van der Waals surface area contributed by atoms with E-state index in [0.717, 1.165) is 17.2 Å². The molecule has 0 spiro atoms. The largest absolute Gasteiger partial charge is 0.483 e. The normalized spacial score (nSPS) is 11.0. The van der Waals surface area contributed by atoms with Crippen molar-refractivity contribution in [3.05, 3.63) is 58.1 Å². The number of carbonyl (C=O) groups excluding carboxylic acids is 2. The third-order valence-electron chi connectivity index (χ3n) is 3.78. The van der Waals surface area contributed by atoms with Crippen molar-refractivity contribution >= 4 is 33.4 Å². The number of amides is 2. The Labute approximate surface area is 168 Å². The molecule has 0 saturated carbocycles. The maximum atomic E-state index is 12.2. The number of ether oxygens (including phenoxy) is 1. The molecule has 8 nitrogen and oxygen atoms in total. The lowest BCUT2D eigenvalue weighted by Gasteiger charge is -2.12. The van der Waals surface area contributed by atoms with Gasteiger partial charge in [-0.3, -0.25) is 20.4 Å². The van der Waals surface area contributed by atoms with Gasteiger partial charge in [0, 0.05) is 0 Å². The SMILES string of the molecule is CNS(=O)(=O)c1ccc(Cl)c(C(=O)NNC(=O)COc2cc(C)ccc2C)c1. The molecule has 0 bridgehead atoms. The number of nitrogens with one attached hydrogen (secondary N) is 3. The lowest BCUT2D eigenvalue weighted by Crippen LogP contribution is -2.44. The summed E-state index contributed by atoms with van der Waals surface area (Å²) in [5.41, 5.74) is 6.13. The minimum Gasteiger partial charge on any atom is -0.483 e. The zero-order valence-corrected chi connectivity index (χ0v) is 17.1. The van der Waals surface area contributed by atoms with Crippen LogP contribution in [0.5, 0.6) is 5.75 Å². The molecule has 3 N–H and O–H groups in total. The highest BCUT2D eigenvalue weighted by Gasteiger charge is 2.18. The monoisotopic (exact) mass is 425 g/mol. The first kappa shape index (κ1) is 21.7. The Hall–Kier alpha value is -2.62. The number of halogens is 1. The predicted molar refractivity (Wildman–Crippen MR) is 105 cm³/mol. The Morgan fingerprint density at radius 1 is 1.07 bits per heavy atom. The molecule has 0 atom stereocenters. The molecule has 2 rings (SSSR count). The summed E-state index contributed by atoms with van der Waals surface area (Å²) >= 11 is 5.96. The molecule has 2 aromatic rings. The van der Waals surface area contributed by atoms with Gasteiger partial charge in [0.15, 0.2) is 6.61 Å². The molecule has 0 fully saturated rings. The van der Waals surface area contributed by atoms with Gasteiger partial charge in [0.2, 0.25) is 10.0 Å². The molecule has 0 radical (unpaired) electrons. The molecule has 28 heavy (non-hydrogen) atoms. The van der Waals surface area contributed by atoms with Gasteiger partial charge in [-0.15, -0.1) is 0 Å². The Bertz CT molecular complexity index is 1010. The number of aryl methyl sites for hydroxylation is 2. The third-order valence-corrected chi connectivity index (χ3v) is 5.52. The zero-order chi connectivity index (χ0) is 20.9. The van der Waals surface area contributed by atoms with Crippen molar-refractivity contribution in [3.63, 3.8) is 0 Å². The van der Waals surface area contributed by atoms with Gasteiger partial charge in [-0.05, 0) is 56.3 Å². The maximum Gasteiger partial charge on any atom is 0.276 e. The van der Waals surface area contributed by atoms with E-state index in [1.165, 1.54) is 19.2 Å². The summed E-state index contributed by atoms with van der Waals surface area (Å²) in [6.07, 6.45) is 0. The molecule has 2 amide bonds. The highest BCUT2D eigenvalue weighted by Crippen LogP contribution is 2.20. The van der Waals surface area contributed by atoms with Crippen LogP contribution in [0.15, 0.2) is 41.3 Å². The molecular formula is C18H20ClN3O5S. The van der Waals surface area contributed by atoms with Crippen LogP contribution in [0.2, 0.25) is 5.02 Å². The molecule has 0 aliphatic heterocycles. The standard InChI is InChI=1S/C18H20ClN3O5S/c1-11-4-5-12(2)16(8-11)27-10-17(23)21-22-18(24)14-9-13(6-7-15(14)19)28(25,26)20-3/h4-9,20H,10H2,1-3H3,(H,21,23)(H,22,24). The fourth-order valence-electron chi connectivity index (χ4n) is 2.20. The van der Waals surface area contributed by atoms with E-state index < -0.39 is 21.8 Å². The predicted octanol–water partition coefficient (Wildman–Crippen LogP) is 1.70. The second kappa shape index (κ2) is 9.05. The smallest absolute Gasteiger partial charge is 0.276 e. The Morgan fingerprint density at radius 2 is 1.79 bits per heavy atom. The van der Waals surface area contributed by atoms with Crippen LogP contribution < -0.4 is 20.3 Å². The number of hydrazine groups is 1. The van der Waals surface area contributed by atoms with Crippen molar-refractivity contribution in [1.82, 2.24) is 15.6 Å². The minimum atomic E-state index is -3.75. The van der Waals surface area contributed by atoms with Gasteiger partial charge in [-0.25, -0.2) is 13.1 Å². The van der Waals surface area contributed by atoms with E-state index in [0.29, 0.717) is 5.75 Å². The summed E-state index contributed by atoms with van der Waals surface area (Å²) in [4.78, 5) is 24.0. The molecule has 0 saturated heterocycles. The average molecular weight is 426 g/mol. The number of rotatable bonds is 6. The average Bonchev–Trinajstić information content (AvgIpc) is 2.66. The lowest BCUT2D eigenvalue weighted by atomic mass is 10.1. The fraction of sp³-hybridized carbons (Fsp3) is 0.222. The molecule has 150 valence electrons. The highest BCUT2D eigenvalue weighted by molar-refractivity contribution is 7.89. The van der Waals surface area contributed by atoms with E-state index in [9.17, 15) is 18.0 Å². The molecule has 0 aromatic heterocycles. The van der Waals surface area contributed by atoms with Crippen molar-refractivity contribution in [2.45, 2.75) is 18.7 Å². The van der Waals surface area contributed by atoms with E-state index in [2.05, 4.69) is 15.6 Å². The van der Waals surface area contributed by atoms with Crippen molar-refractivity contribution in [1.29, 1.82) is 0 Å². The summed E-state index contributed by atoms with van der Waals surface area (Å²) in [7, 11) is -2.50. The third kappa shape index (κ3) is 5.44. The molecular weight excluding hydrogens is 406 g/mol. The van der Waals surface area contributed by atoms with Crippen LogP contribution in [0, 0.1) is 13.8 Å². The molecule has 0 heterocycles. The zero-order valence-electron chi connectivity index (χ0n) is 15.5. The van der Waals surface area contributed by atoms with E-state index in [1.54, 1.807) is 6.07 Å². The fourth-order valence-corrected chi connectivity index (χ4v) is 3.16. The summed E-state index contributed by atoms with van der Waals surface area (Å²) in [5.74, 6) is -0.794. The molecule has 10 heteroatoms. The van der Waals surface area contributed by atoms with Crippen LogP contribution in [-0.2, 0) is 14.8 Å². The van der Waals surface area contributed by atoms with Crippen LogP contribution >= 0.6 is 11.6 Å². The van der Waals surface area contributed by atoms with Crippen LogP contribution in [-0.4, -0.2) is 33.9 Å². The highest BCUT2D eigenvalue weighted by atomic mass is 35.5. The number of benzene rings is 2. The Morgan fingerprint density at radius 3 is 2.46 bits per heavy atom. The summed E-state index contributed by atoms with van der Waals surface area (Å²) in [6.45, 7) is 3.44. The molecule has 0 aliphatic carbocycles. The Kier molecular flexibility index (Phi) is 7.00. The van der Waals surface area contributed by atoms with Gasteiger partial charge in [0.05, 0.1) is 15.5 Å². The lowest BCUT2D eigenvalue weighted by molar-refractivity contribution is -0.123. The van der Waals surface area contributed by atoms with Crippen LogP contribution in [0.3, 0.4) is 0 Å². The molecule has 0 unspecified atom stereocenters. The second-order valence-corrected chi connectivity index (χ2v) is 8.20. The van der Waals surface area contributed by atoms with Crippen molar-refractivity contribution in [3.8, 4) is 5.75 Å². The van der Waals surface area contributed by atoms with Gasteiger partial charge in [0.25, 0.3) is 11.8 Å². The van der Waals surface area contributed by atoms with Gasteiger partial charge in [-0.1, -0.05) is 23.7 Å². The van der Waals surface area contributed by atoms with Crippen LogP contribution in [0.25, 0.3) is 0 Å². The first-order chi connectivity index (χ1) is 13.1. The van der Waals surface area contributed by atoms with Crippen LogP contribution in [0.4, 0.5) is 0 Å². The number of hydrogen-bond acceptors (Lipinski definition) is 5. The number of carbonyl (C=O) groups is 2. The van der Waals surface area contributed by atoms with Gasteiger partial charge in [-0.2, -0.15) is 0 Å². The first-order valence-electron chi connectivity index (χ1n) is 8.16. The van der Waals surface area contributed by atoms with Crippen molar-refractivity contribution in [2.24, 2.45) is 0 Å². The first-order valence-corrected chi connectivity index (χ1v) is 10.0. The number of hydrogen-bond donors (Lipinski definition) is 3. The Balaban J connectivity index is 1.99. The van der Waals surface area contributed by atoms with E-state index in [4.69, 9.17) is 16.3 Å². The topological polar surface area (TPSA) is 114 Å². The minimum absolute atomic E-state index is 0.0356. The van der Waals surface area contributed by atoms with Gasteiger partial charge < -0.3 is 4.74 Å². The van der Waals surface area contributed by atoms with Crippen LogP contribution in [0.1, 0.15) is 21.5 Å². The quantitative estimate of drug-likeness (QED) is 0.609. The number of sulfonamides is 1.